The molecule has 4 heteroatoms. The number of aliphatic carboxylic acids is 2. The van der Waals surface area contributed by atoms with Gasteiger partial charge in [-0.05, 0) is 20.3 Å². The molecule has 1 unspecified atom stereocenters. The number of rotatable bonds is 5. The van der Waals surface area contributed by atoms with Crippen LogP contribution in [0.5, 0.6) is 0 Å². The summed E-state index contributed by atoms with van der Waals surface area (Å²) in [6.07, 6.45) is 1.07. The average Bonchev–Trinajstić information content (AvgIpc) is 1.98. The second-order valence-electron chi connectivity index (χ2n) is 3.71. The van der Waals surface area contributed by atoms with Crippen molar-refractivity contribution in [2.24, 2.45) is 11.3 Å². The molecule has 0 aromatic rings. The number of carbonyl (C=O) groups is 2. The lowest BCUT2D eigenvalue weighted by Crippen LogP contribution is -2.37. The molecule has 0 radical (unpaired) electrons. The van der Waals surface area contributed by atoms with Crippen LogP contribution in [0.25, 0.3) is 0 Å². The van der Waals surface area contributed by atoms with E-state index in [2.05, 4.69) is 0 Å². The Morgan fingerprint density at radius 3 is 2.00 bits per heavy atom. The van der Waals surface area contributed by atoms with E-state index >= 15 is 0 Å². The molecule has 0 bridgehead atoms. The Bertz CT molecular complexity index is 208. The SMILES string of the molecule is CCCC(C(=O)O)C(C)(C)C(=O)O. The second kappa shape index (κ2) is 4.25. The van der Waals surface area contributed by atoms with Crippen LogP contribution >= 0.6 is 0 Å². The predicted molar refractivity (Wildman–Crippen MR) is 47.5 cm³/mol. The Hall–Kier alpha value is -1.06. The van der Waals surface area contributed by atoms with Gasteiger partial charge in [0.15, 0.2) is 0 Å². The Kier molecular flexibility index (Phi) is 3.91. The van der Waals surface area contributed by atoms with Gasteiger partial charge in [-0.2, -0.15) is 0 Å². The minimum Gasteiger partial charge on any atom is -0.481 e. The van der Waals surface area contributed by atoms with Crippen LogP contribution in [-0.4, -0.2) is 22.2 Å². The molecule has 0 saturated heterocycles. The maximum Gasteiger partial charge on any atom is 0.309 e. The third kappa shape index (κ3) is 2.72. The minimum atomic E-state index is -1.19. The molecule has 0 rings (SSSR count). The molecule has 0 aliphatic rings. The Morgan fingerprint density at radius 2 is 1.77 bits per heavy atom. The van der Waals surface area contributed by atoms with Crippen molar-refractivity contribution in [1.29, 1.82) is 0 Å². The van der Waals surface area contributed by atoms with E-state index < -0.39 is 23.3 Å². The predicted octanol–water partition coefficient (Wildman–Crippen LogP) is 1.60. The topological polar surface area (TPSA) is 74.6 Å². The van der Waals surface area contributed by atoms with Gasteiger partial charge in [0.2, 0.25) is 0 Å². The molecular formula is C9H16O4. The van der Waals surface area contributed by atoms with Crippen molar-refractivity contribution in [3.8, 4) is 0 Å². The first kappa shape index (κ1) is 11.9. The van der Waals surface area contributed by atoms with Gasteiger partial charge in [-0.3, -0.25) is 9.59 Å². The second-order valence-corrected chi connectivity index (χ2v) is 3.71. The van der Waals surface area contributed by atoms with Gasteiger partial charge in [0.05, 0.1) is 11.3 Å². The third-order valence-electron chi connectivity index (χ3n) is 2.30. The summed E-state index contributed by atoms with van der Waals surface area (Å²) in [5.41, 5.74) is -1.19. The lowest BCUT2D eigenvalue weighted by molar-refractivity contribution is -0.160. The van der Waals surface area contributed by atoms with E-state index in [-0.39, 0.29) is 0 Å². The van der Waals surface area contributed by atoms with Crippen molar-refractivity contribution < 1.29 is 19.8 Å². The molecule has 76 valence electrons. The summed E-state index contributed by atoms with van der Waals surface area (Å²) in [7, 11) is 0. The summed E-state index contributed by atoms with van der Waals surface area (Å²) < 4.78 is 0. The summed E-state index contributed by atoms with van der Waals surface area (Å²) >= 11 is 0. The van der Waals surface area contributed by atoms with Gasteiger partial charge < -0.3 is 10.2 Å². The highest BCUT2D eigenvalue weighted by atomic mass is 16.4. The van der Waals surface area contributed by atoms with Crippen LogP contribution in [0.4, 0.5) is 0 Å². The number of carboxylic acid groups (broad SMARTS) is 2. The summed E-state index contributed by atoms with van der Waals surface area (Å²) in [5, 5.41) is 17.6. The summed E-state index contributed by atoms with van der Waals surface area (Å²) in [4.78, 5) is 21.6. The van der Waals surface area contributed by atoms with Crippen LogP contribution in [0.2, 0.25) is 0 Å². The fraction of sp³-hybridized carbons (Fsp3) is 0.778. The normalized spacial score (nSPS) is 13.8. The molecule has 0 aliphatic heterocycles. The highest BCUT2D eigenvalue weighted by Gasteiger charge is 2.40. The summed E-state index contributed by atoms with van der Waals surface area (Å²) in [6, 6.07) is 0. The van der Waals surface area contributed by atoms with E-state index in [0.717, 1.165) is 0 Å². The number of carboxylic acids is 2. The van der Waals surface area contributed by atoms with Gasteiger partial charge in [0.25, 0.3) is 0 Å². The monoisotopic (exact) mass is 188 g/mol. The van der Waals surface area contributed by atoms with Crippen molar-refractivity contribution in [3.05, 3.63) is 0 Å². The van der Waals surface area contributed by atoms with Crippen LogP contribution in [0, 0.1) is 11.3 Å². The summed E-state index contributed by atoms with van der Waals surface area (Å²) in [5.74, 6) is -2.91. The molecule has 0 amide bonds. The lowest BCUT2D eigenvalue weighted by atomic mass is 9.76. The van der Waals surface area contributed by atoms with E-state index in [1.807, 2.05) is 6.92 Å². The molecule has 0 aromatic heterocycles. The fourth-order valence-electron chi connectivity index (χ4n) is 1.23. The van der Waals surface area contributed by atoms with E-state index in [1.165, 1.54) is 13.8 Å². The Morgan fingerprint density at radius 1 is 1.31 bits per heavy atom. The van der Waals surface area contributed by atoms with Crippen LogP contribution in [0.1, 0.15) is 33.6 Å². The van der Waals surface area contributed by atoms with Crippen LogP contribution in [0.15, 0.2) is 0 Å². The Balaban J connectivity index is 4.71. The molecule has 0 heterocycles. The van der Waals surface area contributed by atoms with Gasteiger partial charge in [-0.1, -0.05) is 13.3 Å². The van der Waals surface area contributed by atoms with E-state index in [1.54, 1.807) is 0 Å². The van der Waals surface area contributed by atoms with Crippen LogP contribution < -0.4 is 0 Å². The van der Waals surface area contributed by atoms with Crippen molar-refractivity contribution in [3.63, 3.8) is 0 Å². The molecule has 4 nitrogen and oxygen atoms in total. The fourth-order valence-corrected chi connectivity index (χ4v) is 1.23. The maximum absolute atomic E-state index is 10.8. The first-order valence-corrected chi connectivity index (χ1v) is 4.30. The zero-order valence-corrected chi connectivity index (χ0v) is 8.20. The smallest absolute Gasteiger partial charge is 0.309 e. The van der Waals surface area contributed by atoms with Crippen molar-refractivity contribution in [2.75, 3.05) is 0 Å². The van der Waals surface area contributed by atoms with E-state index in [4.69, 9.17) is 10.2 Å². The summed E-state index contributed by atoms with van der Waals surface area (Å²) in [6.45, 7) is 4.74. The van der Waals surface area contributed by atoms with Crippen molar-refractivity contribution in [2.45, 2.75) is 33.6 Å². The van der Waals surface area contributed by atoms with Gasteiger partial charge in [0.1, 0.15) is 0 Å². The molecule has 0 aliphatic carbocycles. The Labute approximate surface area is 77.6 Å². The first-order chi connectivity index (χ1) is 5.84. The maximum atomic E-state index is 10.8. The highest BCUT2D eigenvalue weighted by molar-refractivity contribution is 5.82. The average molecular weight is 188 g/mol. The zero-order valence-electron chi connectivity index (χ0n) is 8.20. The van der Waals surface area contributed by atoms with Crippen molar-refractivity contribution >= 4 is 11.9 Å². The molecule has 0 aromatic carbocycles. The molecule has 2 N–H and O–H groups in total. The molecule has 13 heavy (non-hydrogen) atoms. The quantitative estimate of drug-likeness (QED) is 0.687. The van der Waals surface area contributed by atoms with Crippen molar-refractivity contribution in [1.82, 2.24) is 0 Å². The van der Waals surface area contributed by atoms with Crippen LogP contribution in [-0.2, 0) is 9.59 Å². The van der Waals surface area contributed by atoms with Gasteiger partial charge >= 0.3 is 11.9 Å². The van der Waals surface area contributed by atoms with Crippen LogP contribution in [0.3, 0.4) is 0 Å². The highest BCUT2D eigenvalue weighted by Crippen LogP contribution is 2.30. The third-order valence-corrected chi connectivity index (χ3v) is 2.30. The standard InChI is InChI=1S/C9H16O4/c1-4-5-6(7(10)11)9(2,3)8(12)13/h6H,4-5H2,1-3H3,(H,10,11)(H,12,13). The molecule has 1 atom stereocenters. The number of hydrogen-bond donors (Lipinski definition) is 2. The molecule has 0 saturated carbocycles. The van der Waals surface area contributed by atoms with Gasteiger partial charge in [-0.25, -0.2) is 0 Å². The van der Waals surface area contributed by atoms with Gasteiger partial charge in [0, 0.05) is 0 Å². The van der Waals surface area contributed by atoms with E-state index in [9.17, 15) is 9.59 Å². The zero-order chi connectivity index (χ0) is 10.6. The number of hydrogen-bond acceptors (Lipinski definition) is 2. The molecule has 0 fully saturated rings. The van der Waals surface area contributed by atoms with Gasteiger partial charge in [-0.15, -0.1) is 0 Å². The molecular weight excluding hydrogens is 172 g/mol. The minimum absolute atomic E-state index is 0.397. The largest absolute Gasteiger partial charge is 0.481 e. The lowest BCUT2D eigenvalue weighted by Gasteiger charge is -2.26. The first-order valence-electron chi connectivity index (χ1n) is 4.30. The molecule has 0 spiro atoms. The van der Waals surface area contributed by atoms with E-state index in [0.29, 0.717) is 12.8 Å².